The zero-order chi connectivity index (χ0) is 22.7. The van der Waals surface area contributed by atoms with Crippen LogP contribution in [0.15, 0.2) is 120 Å². The van der Waals surface area contributed by atoms with Gasteiger partial charge in [-0.1, -0.05) is 91.0 Å². The summed E-state index contributed by atoms with van der Waals surface area (Å²) in [7, 11) is 0. The summed E-state index contributed by atoms with van der Waals surface area (Å²) in [6.07, 6.45) is 2.19. The van der Waals surface area contributed by atoms with Gasteiger partial charge in [0.05, 0.1) is 5.41 Å². The summed E-state index contributed by atoms with van der Waals surface area (Å²) in [6, 6.07) is 42.8. The van der Waals surface area contributed by atoms with Crippen LogP contribution in [0.2, 0.25) is 0 Å². The van der Waals surface area contributed by atoms with E-state index in [0.717, 1.165) is 0 Å². The summed E-state index contributed by atoms with van der Waals surface area (Å²) < 4.78 is 2.71. The minimum absolute atomic E-state index is 0.350. The minimum atomic E-state index is -0.350. The quantitative estimate of drug-likeness (QED) is 0.232. The van der Waals surface area contributed by atoms with Gasteiger partial charge in [0.15, 0.2) is 0 Å². The van der Waals surface area contributed by atoms with E-state index in [9.17, 15) is 0 Å². The van der Waals surface area contributed by atoms with E-state index >= 15 is 0 Å². The lowest BCUT2D eigenvalue weighted by Crippen LogP contribution is -2.29. The number of benzene rings is 5. The average molecular weight is 471 g/mol. The summed E-state index contributed by atoms with van der Waals surface area (Å²) >= 11 is 3.74. The Bertz CT molecular complexity index is 1690. The van der Waals surface area contributed by atoms with E-state index in [1.807, 2.05) is 23.1 Å². The van der Waals surface area contributed by atoms with Crippen molar-refractivity contribution in [3.05, 3.63) is 138 Å². The number of hydrogen-bond acceptors (Lipinski definition) is 2. The van der Waals surface area contributed by atoms with Crippen LogP contribution >= 0.6 is 23.1 Å². The molecule has 0 fully saturated rings. The molecular weight excluding hydrogens is 448 g/mol. The van der Waals surface area contributed by atoms with Gasteiger partial charge in [0.1, 0.15) is 0 Å². The molecule has 1 heterocycles. The Labute approximate surface area is 207 Å². The molecule has 34 heavy (non-hydrogen) atoms. The first-order valence-electron chi connectivity index (χ1n) is 11.6. The zero-order valence-corrected chi connectivity index (χ0v) is 20.4. The lowest BCUT2D eigenvalue weighted by Gasteiger charge is -2.35. The molecule has 2 heteroatoms. The van der Waals surface area contributed by atoms with Crippen LogP contribution in [-0.2, 0) is 5.41 Å². The number of thiophene rings is 1. The topological polar surface area (TPSA) is 0 Å². The lowest BCUT2D eigenvalue weighted by molar-refractivity contribution is 0.751. The molecule has 0 saturated carbocycles. The monoisotopic (exact) mass is 470 g/mol. The standard InChI is InChI=1S/C32H22S2/c1-33-30-18-10-8-16-27(30)32(21-11-3-2-4-12-21)26-15-7-5-13-22(26)24-19-25-23-14-6-9-17-29(23)34-31(25)20-28(24)32/h2-20H,1H3. The molecule has 0 N–H and O–H groups in total. The predicted octanol–water partition coefficient (Wildman–Crippen LogP) is 9.14. The Balaban J connectivity index is 1.70. The normalized spacial score (nSPS) is 16.6. The van der Waals surface area contributed by atoms with Gasteiger partial charge >= 0.3 is 0 Å². The number of thioether (sulfide) groups is 1. The SMILES string of the molecule is CSc1ccccc1C1(c2ccccc2)c2ccccc2-c2cc3c(cc21)sc1ccccc13. The average Bonchev–Trinajstić information content (AvgIpc) is 3.41. The van der Waals surface area contributed by atoms with Gasteiger partial charge in [0.2, 0.25) is 0 Å². The van der Waals surface area contributed by atoms with Crippen LogP contribution in [0.25, 0.3) is 31.3 Å². The first-order valence-corrected chi connectivity index (χ1v) is 13.6. The van der Waals surface area contributed by atoms with Gasteiger partial charge in [-0.3, -0.25) is 0 Å². The van der Waals surface area contributed by atoms with E-state index in [-0.39, 0.29) is 5.41 Å². The van der Waals surface area contributed by atoms with Crippen LogP contribution in [0.3, 0.4) is 0 Å². The smallest absolute Gasteiger partial charge is 0.0724 e. The van der Waals surface area contributed by atoms with E-state index in [0.29, 0.717) is 0 Å². The van der Waals surface area contributed by atoms with E-state index in [1.165, 1.54) is 58.4 Å². The number of hydrogen-bond donors (Lipinski definition) is 0. The third-order valence-electron chi connectivity index (χ3n) is 7.26. The molecule has 162 valence electrons. The van der Waals surface area contributed by atoms with Crippen molar-refractivity contribution in [2.45, 2.75) is 10.3 Å². The number of fused-ring (bicyclic) bond motifs is 6. The Morgan fingerprint density at radius 1 is 0.559 bits per heavy atom. The van der Waals surface area contributed by atoms with Crippen molar-refractivity contribution in [1.29, 1.82) is 0 Å². The highest BCUT2D eigenvalue weighted by Gasteiger charge is 2.47. The van der Waals surface area contributed by atoms with Gasteiger partial charge in [-0.25, -0.2) is 0 Å². The highest BCUT2D eigenvalue weighted by molar-refractivity contribution is 7.98. The zero-order valence-electron chi connectivity index (χ0n) is 18.8. The Hall–Kier alpha value is -3.33. The molecule has 0 spiro atoms. The van der Waals surface area contributed by atoms with Crippen LogP contribution in [0.4, 0.5) is 0 Å². The predicted molar refractivity (Wildman–Crippen MR) is 148 cm³/mol. The van der Waals surface area contributed by atoms with Crippen LogP contribution in [0.5, 0.6) is 0 Å². The molecule has 1 aromatic heterocycles. The van der Waals surface area contributed by atoms with Gasteiger partial charge in [-0.2, -0.15) is 0 Å². The van der Waals surface area contributed by atoms with Crippen molar-refractivity contribution in [3.8, 4) is 11.1 Å². The molecule has 0 aliphatic heterocycles. The van der Waals surface area contributed by atoms with Gasteiger partial charge in [0.25, 0.3) is 0 Å². The van der Waals surface area contributed by atoms with Gasteiger partial charge in [-0.15, -0.1) is 23.1 Å². The molecule has 0 saturated heterocycles. The molecule has 6 aromatic rings. The largest absolute Gasteiger partial charge is 0.135 e. The van der Waals surface area contributed by atoms with Gasteiger partial charge in [0, 0.05) is 25.1 Å². The fraction of sp³-hybridized carbons (Fsp3) is 0.0625. The van der Waals surface area contributed by atoms with E-state index in [1.54, 1.807) is 0 Å². The van der Waals surface area contributed by atoms with Crippen LogP contribution < -0.4 is 0 Å². The van der Waals surface area contributed by atoms with Crippen molar-refractivity contribution in [3.63, 3.8) is 0 Å². The Morgan fingerprint density at radius 2 is 1.26 bits per heavy atom. The maximum Gasteiger partial charge on any atom is 0.0724 e. The Kier molecular flexibility index (Phi) is 4.48. The molecule has 1 aliphatic rings. The van der Waals surface area contributed by atoms with Crippen molar-refractivity contribution in [2.24, 2.45) is 0 Å². The highest BCUT2D eigenvalue weighted by Crippen LogP contribution is 2.58. The third-order valence-corrected chi connectivity index (χ3v) is 9.19. The molecule has 5 aromatic carbocycles. The molecule has 7 rings (SSSR count). The molecule has 1 unspecified atom stereocenters. The van der Waals surface area contributed by atoms with Crippen molar-refractivity contribution in [2.75, 3.05) is 6.26 Å². The highest BCUT2D eigenvalue weighted by atomic mass is 32.2. The molecule has 0 amide bonds. The first kappa shape index (κ1) is 20.1. The maximum absolute atomic E-state index is 2.49. The fourth-order valence-corrected chi connectivity index (χ4v) is 7.68. The maximum atomic E-state index is 2.49. The summed E-state index contributed by atoms with van der Waals surface area (Å²) in [5, 5.41) is 2.71. The van der Waals surface area contributed by atoms with E-state index in [4.69, 9.17) is 0 Å². The van der Waals surface area contributed by atoms with Crippen molar-refractivity contribution < 1.29 is 0 Å². The number of rotatable bonds is 3. The van der Waals surface area contributed by atoms with Gasteiger partial charge < -0.3 is 0 Å². The molecule has 0 nitrogen and oxygen atoms in total. The Morgan fingerprint density at radius 3 is 2.12 bits per heavy atom. The summed E-state index contributed by atoms with van der Waals surface area (Å²) in [4.78, 5) is 1.32. The molecule has 0 bridgehead atoms. The molecule has 1 aliphatic carbocycles. The molecule has 0 radical (unpaired) electrons. The summed E-state index contributed by atoms with van der Waals surface area (Å²) in [5.74, 6) is 0. The third kappa shape index (κ3) is 2.61. The lowest BCUT2D eigenvalue weighted by atomic mass is 9.67. The van der Waals surface area contributed by atoms with E-state index in [2.05, 4.69) is 122 Å². The molecule has 1 atom stereocenters. The van der Waals surface area contributed by atoms with Gasteiger partial charge in [-0.05, 0) is 63.9 Å². The first-order chi connectivity index (χ1) is 16.8. The second-order valence-electron chi connectivity index (χ2n) is 8.85. The fourth-order valence-electron chi connectivity index (χ4n) is 5.89. The second-order valence-corrected chi connectivity index (χ2v) is 10.8. The van der Waals surface area contributed by atoms with Crippen molar-refractivity contribution in [1.82, 2.24) is 0 Å². The van der Waals surface area contributed by atoms with E-state index < -0.39 is 0 Å². The van der Waals surface area contributed by atoms with Crippen LogP contribution in [0, 0.1) is 0 Å². The van der Waals surface area contributed by atoms with Crippen molar-refractivity contribution >= 4 is 43.3 Å². The van der Waals surface area contributed by atoms with Crippen LogP contribution in [0.1, 0.15) is 22.3 Å². The summed E-state index contributed by atoms with van der Waals surface area (Å²) in [6.45, 7) is 0. The van der Waals surface area contributed by atoms with Crippen LogP contribution in [-0.4, -0.2) is 6.26 Å². The second kappa shape index (κ2) is 7.59. The minimum Gasteiger partial charge on any atom is -0.135 e. The molecular formula is C32H22S2. The summed E-state index contributed by atoms with van der Waals surface area (Å²) in [5.41, 5.74) is 7.79.